The fraction of sp³-hybridized carbons (Fsp3) is 0.625. The third-order valence-corrected chi connectivity index (χ3v) is 4.06. The summed E-state index contributed by atoms with van der Waals surface area (Å²) in [6.45, 7) is 10.3. The van der Waals surface area contributed by atoms with Crippen molar-refractivity contribution in [3.05, 3.63) is 28.3 Å². The van der Waals surface area contributed by atoms with Crippen LogP contribution in [-0.4, -0.2) is 31.6 Å². The molecule has 0 aliphatic rings. The minimum atomic E-state index is 0.482. The molecule has 19 heavy (non-hydrogen) atoms. The Morgan fingerprint density at radius 1 is 1.26 bits per heavy atom. The molecule has 0 amide bonds. The number of nitrogens with two attached hydrogens (primary N) is 1. The molecule has 3 heteroatoms. The van der Waals surface area contributed by atoms with Gasteiger partial charge < -0.3 is 10.5 Å². The average molecular weight is 264 g/mol. The average Bonchev–Trinajstić information content (AvgIpc) is 2.36. The van der Waals surface area contributed by atoms with Crippen LogP contribution in [0.5, 0.6) is 5.75 Å². The van der Waals surface area contributed by atoms with Gasteiger partial charge in [-0.3, -0.25) is 4.90 Å². The van der Waals surface area contributed by atoms with E-state index in [0.717, 1.165) is 25.3 Å². The van der Waals surface area contributed by atoms with Gasteiger partial charge in [0.25, 0.3) is 0 Å². The molecule has 1 aromatic rings. The highest BCUT2D eigenvalue weighted by atomic mass is 16.5. The molecule has 1 aromatic carbocycles. The summed E-state index contributed by atoms with van der Waals surface area (Å²) in [6, 6.07) is 2.73. The first-order valence-corrected chi connectivity index (χ1v) is 6.96. The van der Waals surface area contributed by atoms with Crippen molar-refractivity contribution in [3.8, 4) is 5.75 Å². The zero-order valence-electron chi connectivity index (χ0n) is 13.2. The fourth-order valence-corrected chi connectivity index (χ4v) is 2.44. The van der Waals surface area contributed by atoms with Crippen LogP contribution < -0.4 is 10.5 Å². The highest BCUT2D eigenvalue weighted by molar-refractivity contribution is 5.49. The van der Waals surface area contributed by atoms with E-state index in [0.29, 0.717) is 6.04 Å². The Morgan fingerprint density at radius 2 is 1.89 bits per heavy atom. The molecular weight excluding hydrogens is 236 g/mol. The molecule has 0 aliphatic carbocycles. The van der Waals surface area contributed by atoms with Crippen LogP contribution in [0.15, 0.2) is 6.07 Å². The van der Waals surface area contributed by atoms with Gasteiger partial charge in [0.15, 0.2) is 0 Å². The summed E-state index contributed by atoms with van der Waals surface area (Å²) in [7, 11) is 3.91. The molecule has 108 valence electrons. The van der Waals surface area contributed by atoms with E-state index >= 15 is 0 Å². The first kappa shape index (κ1) is 16.0. The molecule has 0 heterocycles. The van der Waals surface area contributed by atoms with Crippen LogP contribution in [0.3, 0.4) is 0 Å². The van der Waals surface area contributed by atoms with Crippen molar-refractivity contribution >= 4 is 0 Å². The number of hydrogen-bond donors (Lipinski definition) is 1. The van der Waals surface area contributed by atoms with Crippen LogP contribution >= 0.6 is 0 Å². The van der Waals surface area contributed by atoms with Crippen molar-refractivity contribution in [2.45, 2.75) is 46.7 Å². The van der Waals surface area contributed by atoms with Crippen molar-refractivity contribution in [2.75, 3.05) is 20.7 Å². The molecule has 0 radical (unpaired) electrons. The summed E-state index contributed by atoms with van der Waals surface area (Å²) < 4.78 is 5.63. The first-order chi connectivity index (χ1) is 8.92. The summed E-state index contributed by atoms with van der Waals surface area (Å²) >= 11 is 0. The lowest BCUT2D eigenvalue weighted by Gasteiger charge is -2.27. The molecule has 3 nitrogen and oxygen atoms in total. The molecule has 1 unspecified atom stereocenters. The van der Waals surface area contributed by atoms with E-state index < -0.39 is 0 Å². The third kappa shape index (κ3) is 3.71. The Labute approximate surface area is 117 Å². The molecular formula is C16H28N2O. The number of methoxy groups -OCH3 is 1. The molecule has 2 N–H and O–H groups in total. The van der Waals surface area contributed by atoms with Gasteiger partial charge in [-0.05, 0) is 64.4 Å². The molecule has 0 fully saturated rings. The first-order valence-electron chi connectivity index (χ1n) is 6.96. The summed E-state index contributed by atoms with van der Waals surface area (Å²) in [5.74, 6) is 1.03. The molecule has 0 aliphatic heterocycles. The van der Waals surface area contributed by atoms with Gasteiger partial charge in [-0.2, -0.15) is 0 Å². The summed E-state index contributed by atoms with van der Waals surface area (Å²) in [6.07, 6.45) is 1.02. The van der Waals surface area contributed by atoms with Crippen molar-refractivity contribution in [2.24, 2.45) is 5.73 Å². The second kappa shape index (κ2) is 6.92. The Morgan fingerprint density at radius 3 is 2.42 bits per heavy atom. The molecule has 1 atom stereocenters. The van der Waals surface area contributed by atoms with E-state index in [4.69, 9.17) is 10.5 Å². The quantitative estimate of drug-likeness (QED) is 0.858. The van der Waals surface area contributed by atoms with E-state index in [-0.39, 0.29) is 0 Å². The van der Waals surface area contributed by atoms with E-state index in [1.807, 2.05) is 0 Å². The fourth-order valence-electron chi connectivity index (χ4n) is 2.44. The smallest absolute Gasteiger partial charge is 0.126 e. The monoisotopic (exact) mass is 264 g/mol. The van der Waals surface area contributed by atoms with Crippen LogP contribution in [-0.2, 0) is 6.54 Å². The van der Waals surface area contributed by atoms with Crippen LogP contribution in [0.2, 0.25) is 0 Å². The van der Waals surface area contributed by atoms with Crippen LogP contribution in [0.1, 0.15) is 35.6 Å². The molecule has 0 bridgehead atoms. The van der Waals surface area contributed by atoms with Crippen molar-refractivity contribution in [3.63, 3.8) is 0 Å². The third-order valence-electron chi connectivity index (χ3n) is 4.06. The van der Waals surface area contributed by atoms with Gasteiger partial charge in [-0.25, -0.2) is 0 Å². The van der Waals surface area contributed by atoms with Gasteiger partial charge in [0.2, 0.25) is 0 Å². The predicted molar refractivity (Wildman–Crippen MR) is 81.8 cm³/mol. The van der Waals surface area contributed by atoms with Gasteiger partial charge in [-0.15, -0.1) is 0 Å². The summed E-state index contributed by atoms with van der Waals surface area (Å²) in [4.78, 5) is 2.34. The van der Waals surface area contributed by atoms with Crippen LogP contribution in [0.4, 0.5) is 0 Å². The Bertz CT molecular complexity index is 429. The van der Waals surface area contributed by atoms with E-state index in [9.17, 15) is 0 Å². The Hall–Kier alpha value is -1.06. The van der Waals surface area contributed by atoms with Gasteiger partial charge >= 0.3 is 0 Å². The second-order valence-electron chi connectivity index (χ2n) is 5.49. The highest BCUT2D eigenvalue weighted by Gasteiger charge is 2.16. The lowest BCUT2D eigenvalue weighted by atomic mass is 9.98. The molecule has 0 aromatic heterocycles. The number of benzene rings is 1. The molecule has 1 rings (SSSR count). The molecule has 0 saturated carbocycles. The minimum Gasteiger partial charge on any atom is -0.496 e. The number of hydrogen-bond acceptors (Lipinski definition) is 3. The van der Waals surface area contributed by atoms with Crippen molar-refractivity contribution in [1.82, 2.24) is 4.90 Å². The van der Waals surface area contributed by atoms with E-state index in [1.54, 1.807) is 7.11 Å². The van der Waals surface area contributed by atoms with Gasteiger partial charge in [-0.1, -0.05) is 6.07 Å². The SMILES string of the molecule is COc1c(C)c(C)cc(C)c1CN(C)C(C)CCN. The zero-order valence-corrected chi connectivity index (χ0v) is 13.2. The summed E-state index contributed by atoms with van der Waals surface area (Å²) in [5.41, 5.74) is 10.8. The number of nitrogens with zero attached hydrogens (tertiary/aromatic N) is 1. The standard InChI is InChI=1S/C16H28N2O/c1-11-9-12(2)15(16(19-6)14(11)4)10-18(5)13(3)7-8-17/h9,13H,7-8,10,17H2,1-6H3. The zero-order chi connectivity index (χ0) is 14.6. The normalized spacial score (nSPS) is 12.8. The largest absolute Gasteiger partial charge is 0.496 e. The number of ether oxygens (including phenoxy) is 1. The Balaban J connectivity index is 3.03. The maximum Gasteiger partial charge on any atom is 0.126 e. The van der Waals surface area contributed by atoms with E-state index in [2.05, 4.69) is 45.7 Å². The van der Waals surface area contributed by atoms with Gasteiger partial charge in [0.1, 0.15) is 5.75 Å². The highest BCUT2D eigenvalue weighted by Crippen LogP contribution is 2.30. The van der Waals surface area contributed by atoms with E-state index in [1.165, 1.54) is 22.3 Å². The minimum absolute atomic E-state index is 0.482. The van der Waals surface area contributed by atoms with Gasteiger partial charge in [0.05, 0.1) is 7.11 Å². The number of aryl methyl sites for hydroxylation is 2. The lowest BCUT2D eigenvalue weighted by molar-refractivity contribution is 0.236. The van der Waals surface area contributed by atoms with Crippen LogP contribution in [0.25, 0.3) is 0 Å². The van der Waals surface area contributed by atoms with Crippen molar-refractivity contribution < 1.29 is 4.74 Å². The molecule has 0 spiro atoms. The lowest BCUT2D eigenvalue weighted by Crippen LogP contribution is -2.31. The maximum atomic E-state index is 5.64. The summed E-state index contributed by atoms with van der Waals surface area (Å²) in [5, 5.41) is 0. The number of rotatable bonds is 6. The maximum absolute atomic E-state index is 5.64. The van der Waals surface area contributed by atoms with Crippen molar-refractivity contribution in [1.29, 1.82) is 0 Å². The Kier molecular flexibility index (Phi) is 5.83. The predicted octanol–water partition coefficient (Wildman–Crippen LogP) is 2.79. The molecule has 0 saturated heterocycles. The second-order valence-corrected chi connectivity index (χ2v) is 5.49. The van der Waals surface area contributed by atoms with Gasteiger partial charge in [0, 0.05) is 18.2 Å². The van der Waals surface area contributed by atoms with Crippen LogP contribution in [0, 0.1) is 20.8 Å². The topological polar surface area (TPSA) is 38.5 Å².